The second-order valence-electron chi connectivity index (χ2n) is 7.66. The Morgan fingerprint density at radius 1 is 1.29 bits per heavy atom. The number of likely N-dealkylation sites (tertiary alicyclic amines) is 1. The molecule has 1 fully saturated rings. The van der Waals surface area contributed by atoms with Crippen molar-refractivity contribution in [3.63, 3.8) is 0 Å². The first-order valence-electron chi connectivity index (χ1n) is 9.53. The number of halogens is 1. The second-order valence-corrected chi connectivity index (χ2v) is 7.66. The summed E-state index contributed by atoms with van der Waals surface area (Å²) in [5, 5.41) is 3.36. The van der Waals surface area contributed by atoms with Gasteiger partial charge in [-0.05, 0) is 62.8 Å². The zero-order valence-electron chi connectivity index (χ0n) is 16.4. The van der Waals surface area contributed by atoms with Crippen LogP contribution in [0.5, 0.6) is 0 Å². The fourth-order valence-corrected chi connectivity index (χ4v) is 3.89. The third kappa shape index (κ3) is 3.47. The van der Waals surface area contributed by atoms with Crippen molar-refractivity contribution < 1.29 is 9.18 Å². The molecule has 0 spiro atoms. The quantitative estimate of drug-likeness (QED) is 0.719. The van der Waals surface area contributed by atoms with E-state index in [1.165, 1.54) is 6.07 Å². The standard InChI is InChI=1S/C22H25FN4O/c1-14-7-8-19(23)18-12-20(25-21(14)18)22(28)24-15-5-4-6-16(11-15)27(3)17-9-10-26(2)13-17/h4-8,11-12,17,25H,9-10,13H2,1-3H3,(H,24,28). The minimum atomic E-state index is -0.332. The van der Waals surface area contributed by atoms with Gasteiger partial charge in [0.1, 0.15) is 11.5 Å². The van der Waals surface area contributed by atoms with Gasteiger partial charge in [-0.3, -0.25) is 4.79 Å². The van der Waals surface area contributed by atoms with E-state index in [9.17, 15) is 9.18 Å². The third-order valence-electron chi connectivity index (χ3n) is 5.62. The van der Waals surface area contributed by atoms with Crippen LogP contribution in [-0.2, 0) is 0 Å². The number of nitrogens with one attached hydrogen (secondary N) is 2. The molecule has 0 aliphatic carbocycles. The number of hydrogen-bond acceptors (Lipinski definition) is 3. The molecular formula is C22H25FN4O. The number of hydrogen-bond donors (Lipinski definition) is 2. The van der Waals surface area contributed by atoms with Gasteiger partial charge in [0.05, 0.1) is 5.52 Å². The summed E-state index contributed by atoms with van der Waals surface area (Å²) in [5.74, 6) is -0.614. The maximum Gasteiger partial charge on any atom is 0.272 e. The van der Waals surface area contributed by atoms with Gasteiger partial charge in [-0.25, -0.2) is 4.39 Å². The SMILES string of the molecule is Cc1ccc(F)c2cc(C(=O)Nc3cccc(N(C)C4CCN(C)C4)c3)[nH]c12. The van der Waals surface area contributed by atoms with Gasteiger partial charge in [0, 0.05) is 36.4 Å². The molecule has 0 saturated carbocycles. The highest BCUT2D eigenvalue weighted by molar-refractivity contribution is 6.06. The molecule has 1 aromatic heterocycles. The number of likely N-dealkylation sites (N-methyl/N-ethyl adjacent to an activating group) is 2. The van der Waals surface area contributed by atoms with Crippen molar-refractivity contribution in [3.05, 3.63) is 59.5 Å². The number of rotatable bonds is 4. The number of aryl methyl sites for hydroxylation is 1. The number of nitrogens with zero attached hydrogens (tertiary/aromatic N) is 2. The van der Waals surface area contributed by atoms with Crippen LogP contribution in [0, 0.1) is 12.7 Å². The summed E-state index contributed by atoms with van der Waals surface area (Å²) in [7, 11) is 4.23. The molecule has 3 aromatic rings. The number of amides is 1. The minimum Gasteiger partial charge on any atom is -0.370 e. The summed E-state index contributed by atoms with van der Waals surface area (Å²) >= 11 is 0. The largest absolute Gasteiger partial charge is 0.370 e. The Labute approximate surface area is 164 Å². The van der Waals surface area contributed by atoms with Crippen molar-refractivity contribution in [1.82, 2.24) is 9.88 Å². The van der Waals surface area contributed by atoms with Crippen LogP contribution in [0.4, 0.5) is 15.8 Å². The average Bonchev–Trinajstić information content (AvgIpc) is 3.32. The molecule has 2 heterocycles. The number of benzene rings is 2. The van der Waals surface area contributed by atoms with E-state index in [1.807, 2.05) is 25.1 Å². The van der Waals surface area contributed by atoms with Gasteiger partial charge in [-0.1, -0.05) is 12.1 Å². The first-order valence-corrected chi connectivity index (χ1v) is 9.53. The Bertz CT molecular complexity index is 990. The Balaban J connectivity index is 1.54. The fraction of sp³-hybridized carbons (Fsp3) is 0.318. The summed E-state index contributed by atoms with van der Waals surface area (Å²) in [6.45, 7) is 4.02. The highest BCUT2D eigenvalue weighted by Gasteiger charge is 2.23. The molecule has 28 heavy (non-hydrogen) atoms. The number of aromatic amines is 1. The van der Waals surface area contributed by atoms with Gasteiger partial charge in [0.15, 0.2) is 0 Å². The maximum absolute atomic E-state index is 14.0. The number of fused-ring (bicyclic) bond motifs is 1. The normalized spacial score (nSPS) is 17.2. The van der Waals surface area contributed by atoms with E-state index >= 15 is 0 Å². The molecule has 1 aliphatic rings. The van der Waals surface area contributed by atoms with E-state index in [2.05, 4.69) is 40.3 Å². The molecule has 1 unspecified atom stereocenters. The van der Waals surface area contributed by atoms with E-state index in [0.29, 0.717) is 22.6 Å². The van der Waals surface area contributed by atoms with E-state index in [1.54, 1.807) is 12.1 Å². The van der Waals surface area contributed by atoms with Gasteiger partial charge >= 0.3 is 0 Å². The summed E-state index contributed by atoms with van der Waals surface area (Å²) in [6, 6.07) is 13.0. The summed E-state index contributed by atoms with van der Waals surface area (Å²) in [4.78, 5) is 20.3. The van der Waals surface area contributed by atoms with Crippen molar-refractivity contribution in [2.75, 3.05) is 37.4 Å². The van der Waals surface area contributed by atoms with Crippen molar-refractivity contribution in [2.24, 2.45) is 0 Å². The lowest BCUT2D eigenvalue weighted by Crippen LogP contribution is -2.33. The Hall–Kier alpha value is -2.86. The number of carbonyl (C=O) groups excluding carboxylic acids is 1. The molecular weight excluding hydrogens is 355 g/mol. The Morgan fingerprint density at radius 2 is 2.11 bits per heavy atom. The number of anilines is 2. The van der Waals surface area contributed by atoms with Crippen LogP contribution in [0.15, 0.2) is 42.5 Å². The lowest BCUT2D eigenvalue weighted by Gasteiger charge is -2.27. The molecule has 1 amide bonds. The van der Waals surface area contributed by atoms with Crippen molar-refractivity contribution in [2.45, 2.75) is 19.4 Å². The first-order chi connectivity index (χ1) is 13.4. The maximum atomic E-state index is 14.0. The second kappa shape index (κ2) is 7.28. The van der Waals surface area contributed by atoms with Gasteiger partial charge in [0.25, 0.3) is 5.91 Å². The van der Waals surface area contributed by atoms with E-state index < -0.39 is 0 Å². The van der Waals surface area contributed by atoms with Crippen LogP contribution in [0.25, 0.3) is 10.9 Å². The van der Waals surface area contributed by atoms with Crippen LogP contribution in [0.1, 0.15) is 22.5 Å². The molecule has 1 aliphatic heterocycles. The van der Waals surface area contributed by atoms with E-state index in [-0.39, 0.29) is 11.7 Å². The minimum absolute atomic E-state index is 0.282. The molecule has 6 heteroatoms. The molecule has 4 rings (SSSR count). The van der Waals surface area contributed by atoms with Gasteiger partial charge in [-0.15, -0.1) is 0 Å². The number of aromatic nitrogens is 1. The molecule has 146 valence electrons. The topological polar surface area (TPSA) is 51.4 Å². The molecule has 5 nitrogen and oxygen atoms in total. The lowest BCUT2D eigenvalue weighted by molar-refractivity contribution is 0.102. The van der Waals surface area contributed by atoms with Crippen LogP contribution in [0.2, 0.25) is 0 Å². The monoisotopic (exact) mass is 380 g/mol. The highest BCUT2D eigenvalue weighted by atomic mass is 19.1. The van der Waals surface area contributed by atoms with Gasteiger partial charge < -0.3 is 20.1 Å². The molecule has 2 N–H and O–H groups in total. The van der Waals surface area contributed by atoms with Crippen molar-refractivity contribution in [3.8, 4) is 0 Å². The third-order valence-corrected chi connectivity index (χ3v) is 5.62. The van der Waals surface area contributed by atoms with Crippen molar-refractivity contribution in [1.29, 1.82) is 0 Å². The Kier molecular flexibility index (Phi) is 4.81. The zero-order chi connectivity index (χ0) is 19.8. The summed E-state index contributed by atoms with van der Waals surface area (Å²) in [6.07, 6.45) is 1.13. The molecule has 0 bridgehead atoms. The first kappa shape index (κ1) is 18.5. The average molecular weight is 380 g/mol. The van der Waals surface area contributed by atoms with Gasteiger partial charge in [-0.2, -0.15) is 0 Å². The van der Waals surface area contributed by atoms with Crippen LogP contribution in [0.3, 0.4) is 0 Å². The fourth-order valence-electron chi connectivity index (χ4n) is 3.89. The molecule has 1 atom stereocenters. The predicted molar refractivity (Wildman–Crippen MR) is 112 cm³/mol. The van der Waals surface area contributed by atoms with Crippen LogP contribution < -0.4 is 10.2 Å². The van der Waals surface area contributed by atoms with E-state index in [4.69, 9.17) is 0 Å². The summed E-state index contributed by atoms with van der Waals surface area (Å²) in [5.41, 5.74) is 3.69. The van der Waals surface area contributed by atoms with E-state index in [0.717, 1.165) is 36.4 Å². The molecule has 2 aromatic carbocycles. The summed E-state index contributed by atoms with van der Waals surface area (Å²) < 4.78 is 14.0. The molecule has 1 saturated heterocycles. The van der Waals surface area contributed by atoms with Crippen LogP contribution in [-0.4, -0.2) is 49.0 Å². The zero-order valence-corrected chi connectivity index (χ0v) is 16.4. The highest BCUT2D eigenvalue weighted by Crippen LogP contribution is 2.25. The smallest absolute Gasteiger partial charge is 0.272 e. The predicted octanol–water partition coefficient (Wildman–Crippen LogP) is 4.01. The lowest BCUT2D eigenvalue weighted by atomic mass is 10.1. The number of H-pyrrole nitrogens is 1. The number of carbonyl (C=O) groups is 1. The van der Waals surface area contributed by atoms with Crippen molar-refractivity contribution >= 4 is 28.2 Å². The van der Waals surface area contributed by atoms with Gasteiger partial charge in [0.2, 0.25) is 0 Å². The van der Waals surface area contributed by atoms with Crippen LogP contribution >= 0.6 is 0 Å². The molecule has 0 radical (unpaired) electrons. The Morgan fingerprint density at radius 3 is 2.82 bits per heavy atom.